The molecule has 0 aliphatic carbocycles. The number of hydrogen-bond acceptors (Lipinski definition) is 4. The number of halogens is 2. The molecule has 0 aliphatic heterocycles. The summed E-state index contributed by atoms with van der Waals surface area (Å²) < 4.78 is 44.8. The van der Waals surface area contributed by atoms with Crippen LogP contribution < -0.4 is 4.31 Å². The van der Waals surface area contributed by atoms with Crippen LogP contribution in [0.3, 0.4) is 0 Å². The summed E-state index contributed by atoms with van der Waals surface area (Å²) in [6.45, 7) is 1.35. The summed E-state index contributed by atoms with van der Waals surface area (Å²) in [6, 6.07) is 6.56. The van der Waals surface area contributed by atoms with E-state index in [-0.39, 0.29) is 27.6 Å². The van der Waals surface area contributed by atoms with Gasteiger partial charge in [-0.25, -0.2) is 12.8 Å². The molecule has 0 spiro atoms. The lowest BCUT2D eigenvalue weighted by Gasteiger charge is -2.22. The highest BCUT2D eigenvalue weighted by Crippen LogP contribution is 2.31. The lowest BCUT2D eigenvalue weighted by molar-refractivity contribution is 0.245. The minimum Gasteiger partial charge on any atom is -0.450 e. The van der Waals surface area contributed by atoms with Gasteiger partial charge in [0.2, 0.25) is 0 Å². The molecule has 0 saturated heterocycles. The molecule has 1 heterocycles. The molecule has 21 heavy (non-hydrogen) atoms. The molecule has 0 fully saturated rings. The van der Waals surface area contributed by atoms with Crippen LogP contribution in [0.4, 0.5) is 10.1 Å². The standard InChI is InChI=1S/C13H13BrFNO4S/c1-2-16(10-5-3-4-9(15)6-10)21(18,19)12-7-11(8-17)20-13(12)14/h3-7,17H,2,8H2,1H3. The zero-order chi connectivity index (χ0) is 15.6. The third kappa shape index (κ3) is 3.12. The smallest absolute Gasteiger partial charge is 0.268 e. The van der Waals surface area contributed by atoms with E-state index in [4.69, 9.17) is 9.52 Å². The molecule has 8 heteroatoms. The Morgan fingerprint density at radius 3 is 2.62 bits per heavy atom. The summed E-state index contributed by atoms with van der Waals surface area (Å²) in [6.07, 6.45) is 0. The lowest BCUT2D eigenvalue weighted by Crippen LogP contribution is -2.30. The number of benzene rings is 1. The monoisotopic (exact) mass is 377 g/mol. The largest absolute Gasteiger partial charge is 0.450 e. The van der Waals surface area contributed by atoms with Gasteiger partial charge in [-0.15, -0.1) is 0 Å². The van der Waals surface area contributed by atoms with Crippen molar-refractivity contribution in [1.29, 1.82) is 0 Å². The molecule has 114 valence electrons. The van der Waals surface area contributed by atoms with Crippen LogP contribution in [0.2, 0.25) is 0 Å². The Kier molecular flexibility index (Phi) is 4.70. The fourth-order valence-corrected chi connectivity index (χ4v) is 4.32. The highest BCUT2D eigenvalue weighted by Gasteiger charge is 2.29. The molecule has 0 atom stereocenters. The van der Waals surface area contributed by atoms with Gasteiger partial charge in [-0.1, -0.05) is 6.07 Å². The first kappa shape index (κ1) is 16.0. The fraction of sp³-hybridized carbons (Fsp3) is 0.231. The molecule has 1 N–H and O–H groups in total. The second-order valence-corrected chi connectivity index (χ2v) is 6.71. The number of anilines is 1. The Hall–Kier alpha value is -1.38. The Morgan fingerprint density at radius 2 is 2.10 bits per heavy atom. The summed E-state index contributed by atoms with van der Waals surface area (Å²) in [5.41, 5.74) is 0.219. The van der Waals surface area contributed by atoms with Crippen molar-refractivity contribution in [3.05, 3.63) is 46.6 Å². The summed E-state index contributed by atoms with van der Waals surface area (Å²) in [5, 5.41) is 9.02. The van der Waals surface area contributed by atoms with Crippen molar-refractivity contribution in [3.8, 4) is 0 Å². The molecule has 0 unspecified atom stereocenters. The normalized spacial score (nSPS) is 11.6. The molecular formula is C13H13BrFNO4S. The van der Waals surface area contributed by atoms with E-state index in [2.05, 4.69) is 15.9 Å². The zero-order valence-electron chi connectivity index (χ0n) is 11.1. The summed E-state index contributed by atoms with van der Waals surface area (Å²) in [7, 11) is -3.93. The molecule has 1 aromatic carbocycles. The van der Waals surface area contributed by atoms with Gasteiger partial charge in [0, 0.05) is 12.6 Å². The van der Waals surface area contributed by atoms with Crippen LogP contribution in [0.25, 0.3) is 0 Å². The van der Waals surface area contributed by atoms with Crippen LogP contribution in [0, 0.1) is 5.82 Å². The predicted molar refractivity (Wildman–Crippen MR) is 78.9 cm³/mol. The Balaban J connectivity index is 2.51. The Bertz CT molecular complexity index is 744. The van der Waals surface area contributed by atoms with Gasteiger partial charge in [0.25, 0.3) is 10.0 Å². The molecule has 5 nitrogen and oxygen atoms in total. The van der Waals surface area contributed by atoms with E-state index in [0.29, 0.717) is 0 Å². The quantitative estimate of drug-likeness (QED) is 0.869. The van der Waals surface area contributed by atoms with Gasteiger partial charge in [0.05, 0.1) is 5.69 Å². The van der Waals surface area contributed by atoms with E-state index in [9.17, 15) is 12.8 Å². The predicted octanol–water partition coefficient (Wildman–Crippen LogP) is 2.89. The first-order chi connectivity index (χ1) is 9.90. The average Bonchev–Trinajstić information content (AvgIpc) is 2.81. The minimum atomic E-state index is -3.93. The van der Waals surface area contributed by atoms with Gasteiger partial charge < -0.3 is 9.52 Å². The highest BCUT2D eigenvalue weighted by atomic mass is 79.9. The van der Waals surface area contributed by atoms with Crippen molar-refractivity contribution in [2.45, 2.75) is 18.4 Å². The van der Waals surface area contributed by atoms with Gasteiger partial charge in [0.15, 0.2) is 4.67 Å². The second-order valence-electron chi connectivity index (χ2n) is 4.16. The minimum absolute atomic E-state index is 0.00130. The lowest BCUT2D eigenvalue weighted by atomic mass is 10.3. The molecule has 2 aromatic rings. The fourth-order valence-electron chi connectivity index (χ4n) is 1.89. The number of aliphatic hydroxyl groups is 1. The maximum Gasteiger partial charge on any atom is 0.268 e. The van der Waals surface area contributed by atoms with Gasteiger partial charge in [-0.2, -0.15) is 0 Å². The number of hydrogen-bond donors (Lipinski definition) is 1. The molecule has 0 amide bonds. The van der Waals surface area contributed by atoms with Crippen molar-refractivity contribution < 1.29 is 22.3 Å². The van der Waals surface area contributed by atoms with Crippen LogP contribution in [0.5, 0.6) is 0 Å². The van der Waals surface area contributed by atoms with Crippen molar-refractivity contribution in [1.82, 2.24) is 0 Å². The number of furan rings is 1. The molecular weight excluding hydrogens is 365 g/mol. The van der Waals surface area contributed by atoms with Gasteiger partial charge in [-0.3, -0.25) is 4.31 Å². The average molecular weight is 378 g/mol. The van der Waals surface area contributed by atoms with Crippen molar-refractivity contribution in [2.75, 3.05) is 10.8 Å². The SMILES string of the molecule is CCN(c1cccc(F)c1)S(=O)(=O)c1cc(CO)oc1Br. The van der Waals surface area contributed by atoms with E-state index in [1.807, 2.05) is 0 Å². The molecule has 0 bridgehead atoms. The number of rotatable bonds is 5. The zero-order valence-corrected chi connectivity index (χ0v) is 13.5. The molecule has 1 aromatic heterocycles. The summed E-state index contributed by atoms with van der Waals surface area (Å²) >= 11 is 3.02. The first-order valence-electron chi connectivity index (χ1n) is 6.07. The number of sulfonamides is 1. The van der Waals surface area contributed by atoms with E-state index in [0.717, 1.165) is 10.4 Å². The van der Waals surface area contributed by atoms with Crippen LogP contribution in [-0.2, 0) is 16.6 Å². The van der Waals surface area contributed by atoms with Gasteiger partial charge >= 0.3 is 0 Å². The van der Waals surface area contributed by atoms with Crippen LogP contribution in [0.15, 0.2) is 44.3 Å². The first-order valence-corrected chi connectivity index (χ1v) is 8.30. The molecule has 2 rings (SSSR count). The summed E-state index contributed by atoms with van der Waals surface area (Å²) in [5.74, 6) is -0.404. The topological polar surface area (TPSA) is 70.8 Å². The number of nitrogens with zero attached hydrogens (tertiary/aromatic N) is 1. The van der Waals surface area contributed by atoms with Crippen LogP contribution >= 0.6 is 15.9 Å². The van der Waals surface area contributed by atoms with Crippen molar-refractivity contribution in [3.63, 3.8) is 0 Å². The second kappa shape index (κ2) is 6.17. The van der Waals surface area contributed by atoms with Gasteiger partial charge in [-0.05, 0) is 41.1 Å². The van der Waals surface area contributed by atoms with E-state index in [1.165, 1.54) is 24.3 Å². The Morgan fingerprint density at radius 1 is 1.38 bits per heavy atom. The third-order valence-corrected chi connectivity index (χ3v) is 5.57. The van der Waals surface area contributed by atoms with Crippen molar-refractivity contribution in [2.24, 2.45) is 0 Å². The van der Waals surface area contributed by atoms with Crippen LogP contribution in [-0.4, -0.2) is 20.1 Å². The molecule has 0 saturated carbocycles. The van der Waals surface area contributed by atoms with Crippen molar-refractivity contribution >= 4 is 31.6 Å². The van der Waals surface area contributed by atoms with Crippen LogP contribution in [0.1, 0.15) is 12.7 Å². The van der Waals surface area contributed by atoms with E-state index >= 15 is 0 Å². The summed E-state index contributed by atoms with van der Waals surface area (Å²) in [4.78, 5) is -0.113. The van der Waals surface area contributed by atoms with E-state index < -0.39 is 22.4 Å². The maximum atomic E-state index is 13.3. The molecule has 0 radical (unpaired) electrons. The third-order valence-electron chi connectivity index (χ3n) is 2.81. The molecule has 0 aliphatic rings. The highest BCUT2D eigenvalue weighted by molar-refractivity contribution is 9.10. The van der Waals surface area contributed by atoms with E-state index in [1.54, 1.807) is 6.92 Å². The maximum absolute atomic E-state index is 13.3. The number of aliphatic hydroxyl groups excluding tert-OH is 1. The van der Waals surface area contributed by atoms with Gasteiger partial charge in [0.1, 0.15) is 23.1 Å². The Labute approximate surface area is 130 Å².